The number of aliphatic carboxylic acids is 1. The molecule has 0 saturated heterocycles. The van der Waals surface area contributed by atoms with Gasteiger partial charge in [-0.2, -0.15) is 0 Å². The topological polar surface area (TPSA) is 97.5 Å². The van der Waals surface area contributed by atoms with Gasteiger partial charge in [-0.3, -0.25) is 4.79 Å². The molecule has 0 heterocycles. The Balaban J connectivity index is 2.53. The lowest BCUT2D eigenvalue weighted by molar-refractivity contribution is -0.143. The van der Waals surface area contributed by atoms with Gasteiger partial charge in [0.25, 0.3) is 0 Å². The zero-order chi connectivity index (χ0) is 14.4. The van der Waals surface area contributed by atoms with Crippen molar-refractivity contribution in [2.75, 3.05) is 12.8 Å². The van der Waals surface area contributed by atoms with Crippen LogP contribution in [-0.4, -0.2) is 37.5 Å². The van der Waals surface area contributed by atoms with Gasteiger partial charge in [-0.1, -0.05) is 12.1 Å². The standard InChI is InChI=1S/C12H14FNO4S/c1-19(17,18)10-9(12(10,6-14)11(15)16)7-3-2-4-8(13)5-7/h2-5,9-10H,6,14H2,1H3,(H,15,16)/t9-,10-,12-/m1/s1. The molecule has 0 bridgehead atoms. The Hall–Kier alpha value is -1.47. The molecular formula is C12H14FNO4S. The number of hydrogen-bond acceptors (Lipinski definition) is 4. The van der Waals surface area contributed by atoms with E-state index in [0.29, 0.717) is 5.56 Å². The Morgan fingerprint density at radius 1 is 1.53 bits per heavy atom. The van der Waals surface area contributed by atoms with Crippen LogP contribution >= 0.6 is 0 Å². The molecule has 3 atom stereocenters. The van der Waals surface area contributed by atoms with Crippen LogP contribution in [0.15, 0.2) is 24.3 Å². The fraction of sp³-hybridized carbons (Fsp3) is 0.417. The Morgan fingerprint density at radius 2 is 2.16 bits per heavy atom. The van der Waals surface area contributed by atoms with E-state index in [-0.39, 0.29) is 6.54 Å². The molecule has 1 aliphatic carbocycles. The predicted molar refractivity (Wildman–Crippen MR) is 66.9 cm³/mol. The minimum absolute atomic E-state index is 0.304. The van der Waals surface area contributed by atoms with E-state index in [1.54, 1.807) is 0 Å². The number of carbonyl (C=O) groups is 1. The molecule has 1 aliphatic rings. The highest BCUT2D eigenvalue weighted by Crippen LogP contribution is 2.62. The highest BCUT2D eigenvalue weighted by molar-refractivity contribution is 7.91. The van der Waals surface area contributed by atoms with Crippen molar-refractivity contribution in [1.82, 2.24) is 0 Å². The number of nitrogens with two attached hydrogens (primary N) is 1. The molecule has 19 heavy (non-hydrogen) atoms. The molecule has 0 spiro atoms. The zero-order valence-corrected chi connectivity index (χ0v) is 11.0. The first kappa shape index (κ1) is 14.0. The molecule has 1 aromatic rings. The Morgan fingerprint density at radius 3 is 2.53 bits per heavy atom. The van der Waals surface area contributed by atoms with Crippen molar-refractivity contribution >= 4 is 15.8 Å². The van der Waals surface area contributed by atoms with Gasteiger partial charge in [0.1, 0.15) is 11.2 Å². The smallest absolute Gasteiger partial charge is 0.312 e. The van der Waals surface area contributed by atoms with Gasteiger partial charge in [0.15, 0.2) is 9.84 Å². The maximum atomic E-state index is 13.2. The van der Waals surface area contributed by atoms with Crippen molar-refractivity contribution in [3.63, 3.8) is 0 Å². The molecule has 2 rings (SSSR count). The Bertz CT molecular complexity index is 630. The van der Waals surface area contributed by atoms with Crippen LogP contribution in [0.25, 0.3) is 0 Å². The molecule has 1 fully saturated rings. The largest absolute Gasteiger partial charge is 0.481 e. The van der Waals surface area contributed by atoms with E-state index in [2.05, 4.69) is 0 Å². The maximum Gasteiger partial charge on any atom is 0.312 e. The highest BCUT2D eigenvalue weighted by Gasteiger charge is 2.74. The maximum absolute atomic E-state index is 13.2. The van der Waals surface area contributed by atoms with Crippen molar-refractivity contribution in [2.45, 2.75) is 11.2 Å². The van der Waals surface area contributed by atoms with Crippen molar-refractivity contribution < 1.29 is 22.7 Å². The van der Waals surface area contributed by atoms with E-state index in [1.807, 2.05) is 0 Å². The summed E-state index contributed by atoms with van der Waals surface area (Å²) in [5.74, 6) is -2.60. The molecule has 5 nitrogen and oxygen atoms in total. The third-order valence-electron chi connectivity index (χ3n) is 3.66. The third-order valence-corrected chi connectivity index (χ3v) is 5.28. The fourth-order valence-electron chi connectivity index (χ4n) is 2.79. The summed E-state index contributed by atoms with van der Waals surface area (Å²) < 4.78 is 36.7. The molecule has 0 aliphatic heterocycles. The first-order valence-electron chi connectivity index (χ1n) is 5.63. The average molecular weight is 287 g/mol. The van der Waals surface area contributed by atoms with Crippen LogP contribution in [0.3, 0.4) is 0 Å². The van der Waals surface area contributed by atoms with Crippen LogP contribution < -0.4 is 5.73 Å². The number of rotatable bonds is 4. The van der Waals surface area contributed by atoms with Crippen molar-refractivity contribution in [2.24, 2.45) is 11.1 Å². The van der Waals surface area contributed by atoms with E-state index >= 15 is 0 Å². The lowest BCUT2D eigenvalue weighted by Gasteiger charge is -2.09. The van der Waals surface area contributed by atoms with Crippen LogP contribution in [0.2, 0.25) is 0 Å². The molecule has 0 aromatic heterocycles. The summed E-state index contributed by atoms with van der Waals surface area (Å²) in [6.45, 7) is -0.304. The summed E-state index contributed by atoms with van der Waals surface area (Å²) in [6.07, 6.45) is 0.977. The number of halogens is 1. The van der Waals surface area contributed by atoms with E-state index in [4.69, 9.17) is 5.73 Å². The Labute approximate surface area is 110 Å². The number of benzene rings is 1. The number of hydrogen-bond donors (Lipinski definition) is 2. The van der Waals surface area contributed by atoms with Gasteiger partial charge in [0, 0.05) is 18.7 Å². The van der Waals surface area contributed by atoms with Gasteiger partial charge in [-0.05, 0) is 17.7 Å². The lowest BCUT2D eigenvalue weighted by Crippen LogP contribution is -2.31. The minimum Gasteiger partial charge on any atom is -0.481 e. The van der Waals surface area contributed by atoms with Crippen LogP contribution in [0, 0.1) is 11.2 Å². The normalized spacial score (nSPS) is 30.1. The van der Waals surface area contributed by atoms with Crippen LogP contribution in [0.5, 0.6) is 0 Å². The van der Waals surface area contributed by atoms with Gasteiger partial charge in [-0.25, -0.2) is 12.8 Å². The molecular weight excluding hydrogens is 273 g/mol. The SMILES string of the molecule is CS(=O)(=O)[C@@H]1[C@@H](c2cccc(F)c2)[C@@]1(CN)C(=O)O. The molecule has 7 heteroatoms. The van der Waals surface area contributed by atoms with Crippen LogP contribution in [-0.2, 0) is 14.6 Å². The zero-order valence-electron chi connectivity index (χ0n) is 10.2. The number of sulfone groups is 1. The van der Waals surface area contributed by atoms with Gasteiger partial charge < -0.3 is 10.8 Å². The van der Waals surface area contributed by atoms with E-state index in [1.165, 1.54) is 18.2 Å². The van der Waals surface area contributed by atoms with Gasteiger partial charge in [0.05, 0.1) is 5.25 Å². The third kappa shape index (κ3) is 2.02. The minimum atomic E-state index is -3.59. The van der Waals surface area contributed by atoms with Crippen molar-refractivity contribution in [3.8, 4) is 0 Å². The second kappa shape index (κ2) is 4.28. The highest BCUT2D eigenvalue weighted by atomic mass is 32.2. The summed E-state index contributed by atoms with van der Waals surface area (Å²) >= 11 is 0. The van der Waals surface area contributed by atoms with Gasteiger partial charge >= 0.3 is 5.97 Å². The number of carboxylic acid groups (broad SMARTS) is 1. The first-order valence-corrected chi connectivity index (χ1v) is 7.58. The Kier molecular flexibility index (Phi) is 3.14. The summed E-state index contributed by atoms with van der Waals surface area (Å²) in [6, 6.07) is 5.31. The molecule has 3 N–H and O–H groups in total. The second-order valence-corrected chi connectivity index (χ2v) is 7.00. The van der Waals surface area contributed by atoms with Gasteiger partial charge in [0.2, 0.25) is 0 Å². The summed E-state index contributed by atoms with van der Waals surface area (Å²) in [5.41, 5.74) is 4.28. The van der Waals surface area contributed by atoms with E-state index in [9.17, 15) is 22.7 Å². The molecule has 104 valence electrons. The average Bonchev–Trinajstić information content (AvgIpc) is 2.99. The monoisotopic (exact) mass is 287 g/mol. The second-order valence-electron chi connectivity index (χ2n) is 4.83. The first-order chi connectivity index (χ1) is 8.75. The number of carboxylic acids is 1. The fourth-order valence-corrected chi connectivity index (χ4v) is 4.71. The van der Waals surface area contributed by atoms with E-state index in [0.717, 1.165) is 12.3 Å². The predicted octanol–water partition coefficient (Wildman–Crippen LogP) is 0.366. The van der Waals surface area contributed by atoms with Crippen LogP contribution in [0.1, 0.15) is 11.5 Å². The summed E-state index contributed by atoms with van der Waals surface area (Å²) in [5, 5.41) is 8.19. The summed E-state index contributed by atoms with van der Waals surface area (Å²) in [7, 11) is -3.59. The molecule has 0 unspecified atom stereocenters. The molecule has 0 radical (unpaired) electrons. The van der Waals surface area contributed by atoms with Crippen LogP contribution in [0.4, 0.5) is 4.39 Å². The molecule has 1 saturated carbocycles. The summed E-state index contributed by atoms with van der Waals surface area (Å²) in [4.78, 5) is 11.4. The van der Waals surface area contributed by atoms with E-state index < -0.39 is 38.2 Å². The molecule has 0 amide bonds. The molecule has 1 aromatic carbocycles. The van der Waals surface area contributed by atoms with Crippen molar-refractivity contribution in [1.29, 1.82) is 0 Å². The quantitative estimate of drug-likeness (QED) is 0.833. The van der Waals surface area contributed by atoms with Crippen molar-refractivity contribution in [3.05, 3.63) is 35.6 Å². The lowest BCUT2D eigenvalue weighted by atomic mass is 9.99. The van der Waals surface area contributed by atoms with Gasteiger partial charge in [-0.15, -0.1) is 0 Å².